The van der Waals surface area contributed by atoms with E-state index in [1.54, 1.807) is 11.8 Å². The van der Waals surface area contributed by atoms with Crippen molar-refractivity contribution in [2.24, 2.45) is 5.92 Å². The minimum atomic E-state index is -0.365. The molecular formula is C11H11NOS. The second-order valence-corrected chi connectivity index (χ2v) is 4.90. The Morgan fingerprint density at radius 1 is 1.50 bits per heavy atom. The van der Waals surface area contributed by atoms with Gasteiger partial charge in [-0.3, -0.25) is 0 Å². The molecule has 0 saturated heterocycles. The van der Waals surface area contributed by atoms with E-state index < -0.39 is 0 Å². The molecule has 0 radical (unpaired) electrons. The second-order valence-electron chi connectivity index (χ2n) is 3.50. The van der Waals surface area contributed by atoms with E-state index in [0.29, 0.717) is 0 Å². The molecule has 1 fully saturated rings. The smallest absolute Gasteiger partial charge is 0.112 e. The Labute approximate surface area is 87.6 Å². The van der Waals surface area contributed by atoms with Crippen LogP contribution in [0.25, 0.3) is 0 Å². The van der Waals surface area contributed by atoms with Crippen molar-refractivity contribution < 1.29 is 5.11 Å². The fourth-order valence-corrected chi connectivity index (χ4v) is 2.79. The third-order valence-electron chi connectivity index (χ3n) is 2.50. The second kappa shape index (κ2) is 3.64. The maximum Gasteiger partial charge on any atom is 0.112 e. The van der Waals surface area contributed by atoms with Crippen LogP contribution in [0.1, 0.15) is 6.42 Å². The largest absolute Gasteiger partial charge is 0.396 e. The number of rotatable bonds is 3. The summed E-state index contributed by atoms with van der Waals surface area (Å²) in [7, 11) is 0. The predicted molar refractivity (Wildman–Crippen MR) is 55.8 cm³/mol. The molecule has 3 heteroatoms. The maximum atomic E-state index is 9.04. The molecule has 1 aliphatic carbocycles. The van der Waals surface area contributed by atoms with Crippen LogP contribution in [0.4, 0.5) is 0 Å². The molecule has 0 aromatic heterocycles. The Morgan fingerprint density at radius 3 is 2.71 bits per heavy atom. The summed E-state index contributed by atoms with van der Waals surface area (Å²) in [5, 5.41) is 18.0. The monoisotopic (exact) mass is 205 g/mol. The fraction of sp³-hybridized carbons (Fsp3) is 0.364. The summed E-state index contributed by atoms with van der Waals surface area (Å²) in [6, 6.07) is 12.2. The summed E-state index contributed by atoms with van der Waals surface area (Å²) >= 11 is 1.57. The molecule has 1 N–H and O–H groups in total. The molecular weight excluding hydrogens is 194 g/mol. The van der Waals surface area contributed by atoms with Crippen LogP contribution in [0.2, 0.25) is 0 Å². The van der Waals surface area contributed by atoms with Gasteiger partial charge in [0, 0.05) is 17.4 Å². The van der Waals surface area contributed by atoms with E-state index in [9.17, 15) is 0 Å². The van der Waals surface area contributed by atoms with Crippen LogP contribution < -0.4 is 0 Å². The minimum Gasteiger partial charge on any atom is -0.396 e. The highest BCUT2D eigenvalue weighted by Crippen LogP contribution is 2.56. The highest BCUT2D eigenvalue weighted by atomic mass is 32.2. The Balaban J connectivity index is 2.09. The van der Waals surface area contributed by atoms with Crippen LogP contribution in [0.3, 0.4) is 0 Å². The number of aliphatic hydroxyl groups is 1. The highest BCUT2D eigenvalue weighted by Gasteiger charge is 2.55. The molecule has 2 unspecified atom stereocenters. The summed E-state index contributed by atoms with van der Waals surface area (Å²) in [5.41, 5.74) is 0. The van der Waals surface area contributed by atoms with E-state index in [2.05, 4.69) is 6.07 Å². The zero-order valence-corrected chi connectivity index (χ0v) is 8.50. The van der Waals surface area contributed by atoms with E-state index >= 15 is 0 Å². The van der Waals surface area contributed by atoms with Gasteiger partial charge >= 0.3 is 0 Å². The molecule has 2 atom stereocenters. The lowest BCUT2D eigenvalue weighted by molar-refractivity contribution is 0.275. The first kappa shape index (κ1) is 9.57. The first-order valence-corrected chi connectivity index (χ1v) is 5.38. The minimum absolute atomic E-state index is 0.118. The van der Waals surface area contributed by atoms with Gasteiger partial charge in [0.1, 0.15) is 4.75 Å². The van der Waals surface area contributed by atoms with Gasteiger partial charge in [0.05, 0.1) is 6.07 Å². The van der Waals surface area contributed by atoms with Gasteiger partial charge in [0.25, 0.3) is 0 Å². The zero-order chi connectivity index (χ0) is 10.0. The Kier molecular flexibility index (Phi) is 2.49. The number of benzene rings is 1. The van der Waals surface area contributed by atoms with Crippen LogP contribution in [0.15, 0.2) is 35.2 Å². The number of aliphatic hydroxyl groups excluding tert-OH is 1. The molecule has 1 aromatic rings. The summed E-state index contributed by atoms with van der Waals surface area (Å²) in [4.78, 5) is 1.10. The van der Waals surface area contributed by atoms with Crippen LogP contribution in [-0.2, 0) is 0 Å². The third kappa shape index (κ3) is 1.63. The highest BCUT2D eigenvalue weighted by molar-refractivity contribution is 8.01. The molecule has 0 heterocycles. The topological polar surface area (TPSA) is 44.0 Å². The van der Waals surface area contributed by atoms with Crippen molar-refractivity contribution in [2.45, 2.75) is 16.1 Å². The quantitative estimate of drug-likeness (QED) is 0.821. The predicted octanol–water partition coefficient (Wildman–Crippen LogP) is 2.05. The number of hydrogen-bond donors (Lipinski definition) is 1. The lowest BCUT2D eigenvalue weighted by Gasteiger charge is -2.06. The summed E-state index contributed by atoms with van der Waals surface area (Å²) < 4.78 is -0.365. The zero-order valence-electron chi connectivity index (χ0n) is 7.68. The van der Waals surface area contributed by atoms with Crippen molar-refractivity contribution >= 4 is 11.8 Å². The van der Waals surface area contributed by atoms with E-state index in [1.807, 2.05) is 30.3 Å². The first-order valence-electron chi connectivity index (χ1n) is 4.57. The van der Waals surface area contributed by atoms with Gasteiger partial charge in [-0.2, -0.15) is 5.26 Å². The number of nitriles is 1. The Bertz CT molecular complexity index is 359. The van der Waals surface area contributed by atoms with Gasteiger partial charge in [0.2, 0.25) is 0 Å². The molecule has 1 aromatic carbocycles. The molecule has 0 aliphatic heterocycles. The first-order chi connectivity index (χ1) is 6.80. The van der Waals surface area contributed by atoms with Crippen LogP contribution in [0, 0.1) is 17.2 Å². The average molecular weight is 205 g/mol. The van der Waals surface area contributed by atoms with Gasteiger partial charge in [-0.15, -0.1) is 11.8 Å². The normalized spacial score (nSPS) is 29.6. The lowest BCUT2D eigenvalue weighted by atomic mass is 10.3. The van der Waals surface area contributed by atoms with Crippen LogP contribution in [0.5, 0.6) is 0 Å². The Hall–Kier alpha value is -0.980. The maximum absolute atomic E-state index is 9.04. The number of nitrogens with zero attached hydrogens (tertiary/aromatic N) is 1. The molecule has 2 nitrogen and oxygen atoms in total. The van der Waals surface area contributed by atoms with Gasteiger partial charge in [-0.1, -0.05) is 18.2 Å². The Morgan fingerprint density at radius 2 is 2.21 bits per heavy atom. The number of thioether (sulfide) groups is 1. The van der Waals surface area contributed by atoms with E-state index in [0.717, 1.165) is 11.3 Å². The SMILES string of the molecule is N#CC1(Sc2ccccc2)CC1CO. The molecule has 0 amide bonds. The third-order valence-corrected chi connectivity index (χ3v) is 3.97. The summed E-state index contributed by atoms with van der Waals surface area (Å²) in [6.07, 6.45) is 0.805. The van der Waals surface area contributed by atoms with Crippen LogP contribution >= 0.6 is 11.8 Å². The van der Waals surface area contributed by atoms with Crippen molar-refractivity contribution in [3.8, 4) is 6.07 Å². The molecule has 0 spiro atoms. The van der Waals surface area contributed by atoms with Crippen molar-refractivity contribution in [2.75, 3.05) is 6.61 Å². The molecule has 14 heavy (non-hydrogen) atoms. The van der Waals surface area contributed by atoms with Crippen molar-refractivity contribution in [1.82, 2.24) is 0 Å². The molecule has 72 valence electrons. The van der Waals surface area contributed by atoms with Crippen LogP contribution in [-0.4, -0.2) is 16.5 Å². The molecule has 1 aliphatic rings. The van der Waals surface area contributed by atoms with Gasteiger partial charge in [-0.05, 0) is 18.6 Å². The standard InChI is InChI=1S/C11H11NOS/c12-8-11(6-9(11)7-13)14-10-4-2-1-3-5-10/h1-5,9,13H,6-7H2. The van der Waals surface area contributed by atoms with Gasteiger partial charge in [0.15, 0.2) is 0 Å². The van der Waals surface area contributed by atoms with Crippen molar-refractivity contribution in [3.05, 3.63) is 30.3 Å². The van der Waals surface area contributed by atoms with E-state index in [1.165, 1.54) is 0 Å². The van der Waals surface area contributed by atoms with E-state index in [-0.39, 0.29) is 17.3 Å². The van der Waals surface area contributed by atoms with Crippen molar-refractivity contribution in [1.29, 1.82) is 5.26 Å². The van der Waals surface area contributed by atoms with Gasteiger partial charge < -0.3 is 5.11 Å². The average Bonchev–Trinajstić information content (AvgIpc) is 2.94. The van der Waals surface area contributed by atoms with Gasteiger partial charge in [-0.25, -0.2) is 0 Å². The lowest BCUT2D eigenvalue weighted by Crippen LogP contribution is -2.05. The number of hydrogen-bond acceptors (Lipinski definition) is 3. The van der Waals surface area contributed by atoms with E-state index in [4.69, 9.17) is 10.4 Å². The molecule has 2 rings (SSSR count). The molecule has 1 saturated carbocycles. The summed E-state index contributed by atoms with van der Waals surface area (Å²) in [5.74, 6) is 0.151. The van der Waals surface area contributed by atoms with Crippen molar-refractivity contribution in [3.63, 3.8) is 0 Å². The fourth-order valence-electron chi connectivity index (χ4n) is 1.50. The summed E-state index contributed by atoms with van der Waals surface area (Å²) in [6.45, 7) is 0.118. The molecule has 0 bridgehead atoms.